The van der Waals surface area contributed by atoms with Crippen LogP contribution in [0.5, 0.6) is 0 Å². The van der Waals surface area contributed by atoms with Gasteiger partial charge in [0.05, 0.1) is 11.2 Å². The van der Waals surface area contributed by atoms with Crippen molar-refractivity contribution in [3.05, 3.63) is 58.1 Å². The third-order valence-electron chi connectivity index (χ3n) is 4.12. The van der Waals surface area contributed by atoms with Crippen LogP contribution in [-0.4, -0.2) is 15.0 Å². The number of thiophene rings is 1. The Bertz CT molecular complexity index is 1100. The van der Waals surface area contributed by atoms with Gasteiger partial charge < -0.3 is 4.98 Å². The Hall–Kier alpha value is -2.53. The highest BCUT2D eigenvalue weighted by Gasteiger charge is 2.15. The molecule has 4 aromatic rings. The normalized spacial score (nSPS) is 11.4. The van der Waals surface area contributed by atoms with E-state index in [0.717, 1.165) is 51.2 Å². The Labute approximate surface area is 143 Å². The highest BCUT2D eigenvalue weighted by molar-refractivity contribution is 7.25. The van der Waals surface area contributed by atoms with Crippen LogP contribution in [-0.2, 0) is 6.42 Å². The first-order valence-corrected chi connectivity index (χ1v) is 8.87. The van der Waals surface area contributed by atoms with Crippen LogP contribution in [0.15, 0.2) is 41.2 Å². The molecule has 0 aliphatic rings. The van der Waals surface area contributed by atoms with Gasteiger partial charge in [0.25, 0.3) is 5.56 Å². The fraction of sp³-hybridized carbons (Fsp3) is 0.211. The summed E-state index contributed by atoms with van der Waals surface area (Å²) in [5, 5.41) is 1.03. The summed E-state index contributed by atoms with van der Waals surface area (Å²) in [4.78, 5) is 25.6. The quantitative estimate of drug-likeness (QED) is 0.601. The fourth-order valence-electron chi connectivity index (χ4n) is 3.01. The largest absolute Gasteiger partial charge is 0.342 e. The van der Waals surface area contributed by atoms with Gasteiger partial charge in [-0.1, -0.05) is 37.3 Å². The number of nitrogens with zero attached hydrogens (tertiary/aromatic N) is 2. The Morgan fingerprint density at radius 3 is 2.71 bits per heavy atom. The van der Waals surface area contributed by atoms with Gasteiger partial charge in [0.1, 0.15) is 15.4 Å². The fourth-order valence-corrected chi connectivity index (χ4v) is 4.10. The Morgan fingerprint density at radius 1 is 1.17 bits per heavy atom. The average Bonchev–Trinajstić information content (AvgIpc) is 2.96. The van der Waals surface area contributed by atoms with E-state index in [2.05, 4.69) is 29.9 Å². The molecule has 4 nitrogen and oxygen atoms in total. The summed E-state index contributed by atoms with van der Waals surface area (Å²) in [6, 6.07) is 12.2. The summed E-state index contributed by atoms with van der Waals surface area (Å²) < 4.78 is 0.658. The lowest BCUT2D eigenvalue weighted by Crippen LogP contribution is -2.10. The molecule has 0 fully saturated rings. The second kappa shape index (κ2) is 5.83. The molecular formula is C19H17N3OS. The van der Waals surface area contributed by atoms with Crippen LogP contribution >= 0.6 is 11.3 Å². The van der Waals surface area contributed by atoms with Crippen LogP contribution in [0.2, 0.25) is 0 Å². The lowest BCUT2D eigenvalue weighted by Gasteiger charge is -2.04. The minimum absolute atomic E-state index is 0.157. The number of nitrogens with one attached hydrogen (secondary N) is 1. The second-order valence-corrected chi connectivity index (χ2v) is 6.91. The van der Waals surface area contributed by atoms with Gasteiger partial charge in [-0.05, 0) is 25.0 Å². The number of aryl methyl sites for hydroxylation is 2. The zero-order chi connectivity index (χ0) is 16.7. The molecule has 3 heterocycles. The second-order valence-electron chi connectivity index (χ2n) is 5.92. The van der Waals surface area contributed by atoms with E-state index in [-0.39, 0.29) is 5.56 Å². The number of rotatable bonds is 3. The van der Waals surface area contributed by atoms with Gasteiger partial charge in [0.2, 0.25) is 0 Å². The van der Waals surface area contributed by atoms with E-state index in [4.69, 9.17) is 4.98 Å². The number of aromatic nitrogens is 3. The number of fused-ring (bicyclic) bond motifs is 3. The van der Waals surface area contributed by atoms with Crippen LogP contribution in [0.3, 0.4) is 0 Å². The van der Waals surface area contributed by atoms with Gasteiger partial charge in [-0.15, -0.1) is 11.3 Å². The number of hydrogen-bond donors (Lipinski definition) is 1. The molecule has 0 atom stereocenters. The molecule has 0 bridgehead atoms. The predicted molar refractivity (Wildman–Crippen MR) is 99.7 cm³/mol. The molecule has 0 saturated heterocycles. The molecule has 0 unspecified atom stereocenters. The number of pyridine rings is 1. The van der Waals surface area contributed by atoms with Crippen molar-refractivity contribution in [1.82, 2.24) is 15.0 Å². The van der Waals surface area contributed by atoms with Gasteiger partial charge in [0.15, 0.2) is 0 Å². The van der Waals surface area contributed by atoms with E-state index >= 15 is 0 Å². The topological polar surface area (TPSA) is 58.6 Å². The van der Waals surface area contributed by atoms with Crippen LogP contribution in [0, 0.1) is 6.92 Å². The molecular weight excluding hydrogens is 318 g/mol. The Balaban J connectivity index is 2.02. The van der Waals surface area contributed by atoms with Crippen molar-refractivity contribution in [2.75, 3.05) is 0 Å². The summed E-state index contributed by atoms with van der Waals surface area (Å²) in [6.07, 6.45) is 1.73. The molecule has 0 radical (unpaired) electrons. The maximum atomic E-state index is 12.4. The zero-order valence-corrected chi connectivity index (χ0v) is 14.4. The average molecular weight is 335 g/mol. The third-order valence-corrected chi connectivity index (χ3v) is 5.19. The minimum Gasteiger partial charge on any atom is -0.342 e. The third kappa shape index (κ3) is 2.41. The first-order chi connectivity index (χ1) is 11.7. The van der Waals surface area contributed by atoms with Crippen LogP contribution in [0.4, 0.5) is 0 Å². The van der Waals surface area contributed by atoms with Crippen LogP contribution < -0.4 is 5.56 Å². The summed E-state index contributed by atoms with van der Waals surface area (Å²) in [6.45, 7) is 4.15. The van der Waals surface area contributed by atoms with Crippen molar-refractivity contribution < 1.29 is 0 Å². The molecule has 0 aliphatic carbocycles. The Morgan fingerprint density at radius 2 is 1.96 bits per heavy atom. The van der Waals surface area contributed by atoms with Crippen molar-refractivity contribution in [1.29, 1.82) is 0 Å². The maximum absolute atomic E-state index is 12.4. The van der Waals surface area contributed by atoms with Gasteiger partial charge in [0, 0.05) is 17.4 Å². The van der Waals surface area contributed by atoms with Gasteiger partial charge in [-0.25, -0.2) is 4.98 Å². The highest BCUT2D eigenvalue weighted by Crippen LogP contribution is 2.34. The lowest BCUT2D eigenvalue weighted by atomic mass is 10.1. The van der Waals surface area contributed by atoms with E-state index in [9.17, 15) is 4.79 Å². The SMILES string of the molecule is CCCc1nc(=O)c2sc3nc(-c4ccccc4)cc(C)c3c2[nH]1. The van der Waals surface area contributed by atoms with Crippen molar-refractivity contribution in [3.63, 3.8) is 0 Å². The van der Waals surface area contributed by atoms with Gasteiger partial charge in [-0.2, -0.15) is 4.98 Å². The number of hydrogen-bond acceptors (Lipinski definition) is 4. The van der Waals surface area contributed by atoms with Crippen molar-refractivity contribution in [2.45, 2.75) is 26.7 Å². The number of aromatic amines is 1. The molecule has 0 spiro atoms. The number of H-pyrrole nitrogens is 1. The van der Waals surface area contributed by atoms with Gasteiger partial charge >= 0.3 is 0 Å². The van der Waals surface area contributed by atoms with Crippen molar-refractivity contribution in [3.8, 4) is 11.3 Å². The molecule has 0 aliphatic heterocycles. The molecule has 5 heteroatoms. The molecule has 0 amide bonds. The molecule has 0 saturated carbocycles. The van der Waals surface area contributed by atoms with Crippen molar-refractivity contribution in [2.24, 2.45) is 0 Å². The standard InChI is InChI=1S/C19H17N3OS/c1-3-7-14-21-16-15-11(2)10-13(12-8-5-4-6-9-12)20-19(15)24-17(16)18(23)22-14/h4-6,8-10H,3,7H2,1-2H3,(H,21,22,23). The number of benzene rings is 1. The predicted octanol–water partition coefficient (Wildman–Crippen LogP) is 4.46. The van der Waals surface area contributed by atoms with Crippen LogP contribution in [0.25, 0.3) is 31.7 Å². The molecule has 1 aromatic carbocycles. The molecule has 1 N–H and O–H groups in total. The smallest absolute Gasteiger partial charge is 0.290 e. The van der Waals surface area contributed by atoms with Gasteiger partial charge in [-0.3, -0.25) is 4.79 Å². The molecule has 24 heavy (non-hydrogen) atoms. The van der Waals surface area contributed by atoms with Crippen LogP contribution in [0.1, 0.15) is 24.7 Å². The maximum Gasteiger partial charge on any atom is 0.290 e. The monoisotopic (exact) mass is 335 g/mol. The summed E-state index contributed by atoms with van der Waals surface area (Å²) >= 11 is 1.42. The van der Waals surface area contributed by atoms with E-state index in [1.807, 2.05) is 30.3 Å². The van der Waals surface area contributed by atoms with E-state index in [1.54, 1.807) is 0 Å². The summed E-state index contributed by atoms with van der Waals surface area (Å²) in [5.74, 6) is 0.751. The van der Waals surface area contributed by atoms with E-state index in [1.165, 1.54) is 11.3 Å². The van der Waals surface area contributed by atoms with E-state index < -0.39 is 0 Å². The molecule has 120 valence electrons. The first-order valence-electron chi connectivity index (χ1n) is 8.06. The Kier molecular flexibility index (Phi) is 3.65. The highest BCUT2D eigenvalue weighted by atomic mass is 32.1. The lowest BCUT2D eigenvalue weighted by molar-refractivity contribution is 0.838. The summed E-state index contributed by atoms with van der Waals surface area (Å²) in [7, 11) is 0. The molecule has 3 aromatic heterocycles. The minimum atomic E-state index is -0.157. The van der Waals surface area contributed by atoms with E-state index in [0.29, 0.717) is 4.70 Å². The zero-order valence-electron chi connectivity index (χ0n) is 13.6. The van der Waals surface area contributed by atoms with Crippen molar-refractivity contribution >= 4 is 31.8 Å². The first kappa shape index (κ1) is 15.0. The molecule has 4 rings (SSSR count). The summed E-state index contributed by atoms with van der Waals surface area (Å²) in [5.41, 5.74) is 3.85.